The summed E-state index contributed by atoms with van der Waals surface area (Å²) in [5.74, 6) is 0.880. The van der Waals surface area contributed by atoms with E-state index in [0.717, 1.165) is 35.9 Å². The average molecular weight is 580 g/mol. The van der Waals surface area contributed by atoms with E-state index < -0.39 is 17.8 Å². The summed E-state index contributed by atoms with van der Waals surface area (Å²) in [6.07, 6.45) is 2.75. The van der Waals surface area contributed by atoms with Crippen molar-refractivity contribution in [3.8, 4) is 28.7 Å². The molecular formula is C29H28F3N7O3. The number of rotatable bonds is 7. The van der Waals surface area contributed by atoms with Gasteiger partial charge in [0.2, 0.25) is 5.88 Å². The molecule has 1 aromatic carbocycles. The van der Waals surface area contributed by atoms with Gasteiger partial charge < -0.3 is 19.4 Å². The zero-order chi connectivity index (χ0) is 29.6. The summed E-state index contributed by atoms with van der Waals surface area (Å²) in [6.45, 7) is 2.17. The number of carbonyl (C=O) groups is 1. The maximum atomic E-state index is 13.4. The Morgan fingerprint density at radius 1 is 1.12 bits per heavy atom. The zero-order valence-electron chi connectivity index (χ0n) is 23.2. The number of benzene rings is 1. The highest BCUT2D eigenvalue weighted by Crippen LogP contribution is 2.45. The average Bonchev–Trinajstić information content (AvgIpc) is 3.76. The van der Waals surface area contributed by atoms with Crippen LogP contribution in [0, 0.1) is 0 Å². The molecule has 42 heavy (non-hydrogen) atoms. The summed E-state index contributed by atoms with van der Waals surface area (Å²) < 4.78 is 52.3. The summed E-state index contributed by atoms with van der Waals surface area (Å²) >= 11 is 0. The quantitative estimate of drug-likeness (QED) is 0.279. The fourth-order valence-corrected chi connectivity index (χ4v) is 5.25. The number of anilines is 1. The summed E-state index contributed by atoms with van der Waals surface area (Å²) in [5, 5.41) is 3.23. The molecule has 4 heterocycles. The number of aryl methyl sites for hydroxylation is 1. The first-order chi connectivity index (χ1) is 20.2. The molecule has 1 aliphatic carbocycles. The first-order valence-corrected chi connectivity index (χ1v) is 13.5. The number of nitrogens with zero attached hydrogens (tertiary/aromatic N) is 6. The monoisotopic (exact) mass is 579 g/mol. The van der Waals surface area contributed by atoms with E-state index >= 15 is 0 Å². The van der Waals surface area contributed by atoms with Crippen LogP contribution >= 0.6 is 0 Å². The lowest BCUT2D eigenvalue weighted by atomic mass is 9.99. The fourth-order valence-electron chi connectivity index (χ4n) is 5.25. The molecule has 0 amide bonds. The Labute approximate surface area is 239 Å². The van der Waals surface area contributed by atoms with Gasteiger partial charge in [0.05, 0.1) is 19.9 Å². The largest absolute Gasteiger partial charge is 0.480 e. The number of esters is 1. The van der Waals surface area contributed by atoms with Gasteiger partial charge >= 0.3 is 12.1 Å². The van der Waals surface area contributed by atoms with Gasteiger partial charge in [0.25, 0.3) is 0 Å². The predicted molar refractivity (Wildman–Crippen MR) is 146 cm³/mol. The van der Waals surface area contributed by atoms with Crippen molar-refractivity contribution >= 4 is 11.8 Å². The molecule has 0 bridgehead atoms. The molecule has 0 saturated heterocycles. The number of imidazole rings is 1. The van der Waals surface area contributed by atoms with Crippen LogP contribution in [0.3, 0.4) is 0 Å². The number of fused-ring (bicyclic) bond motifs is 3. The topological polar surface area (TPSA) is 117 Å². The van der Waals surface area contributed by atoms with E-state index in [2.05, 4.69) is 30.2 Å². The second-order valence-electron chi connectivity index (χ2n) is 10.5. The van der Waals surface area contributed by atoms with Crippen LogP contribution in [0.2, 0.25) is 0 Å². The molecule has 2 aliphatic rings. The maximum Gasteiger partial charge on any atom is 0.434 e. The van der Waals surface area contributed by atoms with Gasteiger partial charge in [-0.25, -0.2) is 29.7 Å². The van der Waals surface area contributed by atoms with E-state index in [1.54, 1.807) is 10.6 Å². The van der Waals surface area contributed by atoms with E-state index in [1.165, 1.54) is 26.7 Å². The van der Waals surface area contributed by atoms with E-state index in [4.69, 9.17) is 9.47 Å². The highest BCUT2D eigenvalue weighted by Gasteiger charge is 2.36. The van der Waals surface area contributed by atoms with E-state index in [9.17, 15) is 18.0 Å². The number of ether oxygens (including phenoxy) is 2. The van der Waals surface area contributed by atoms with Gasteiger partial charge in [-0.1, -0.05) is 18.2 Å². The zero-order valence-corrected chi connectivity index (χ0v) is 23.2. The Bertz CT molecular complexity index is 1670. The highest BCUT2D eigenvalue weighted by atomic mass is 19.4. The minimum absolute atomic E-state index is 0.140. The minimum Gasteiger partial charge on any atom is -0.480 e. The second-order valence-corrected chi connectivity index (χ2v) is 10.5. The van der Waals surface area contributed by atoms with Gasteiger partial charge in [0.15, 0.2) is 11.5 Å². The van der Waals surface area contributed by atoms with Crippen molar-refractivity contribution in [3.63, 3.8) is 0 Å². The molecule has 10 nitrogen and oxygen atoms in total. The van der Waals surface area contributed by atoms with Crippen molar-refractivity contribution in [2.45, 2.75) is 57.3 Å². The second kappa shape index (κ2) is 10.7. The molecule has 1 N–H and O–H groups in total. The summed E-state index contributed by atoms with van der Waals surface area (Å²) in [4.78, 5) is 34.3. The van der Waals surface area contributed by atoms with Crippen LogP contribution in [-0.2, 0) is 23.9 Å². The lowest BCUT2D eigenvalue weighted by Gasteiger charge is -2.15. The number of hydrogen-bond acceptors (Lipinski definition) is 9. The Kier molecular flexibility index (Phi) is 7.03. The van der Waals surface area contributed by atoms with Gasteiger partial charge in [0, 0.05) is 36.5 Å². The highest BCUT2D eigenvalue weighted by molar-refractivity contribution is 5.94. The predicted octanol–water partition coefficient (Wildman–Crippen LogP) is 5.61. The molecule has 218 valence electrons. The van der Waals surface area contributed by atoms with Crippen LogP contribution in [0.5, 0.6) is 5.88 Å². The van der Waals surface area contributed by atoms with Gasteiger partial charge in [-0.2, -0.15) is 13.2 Å². The van der Waals surface area contributed by atoms with Crippen molar-refractivity contribution in [2.24, 2.45) is 0 Å². The fraction of sp³-hybridized carbons (Fsp3) is 0.379. The first-order valence-electron chi connectivity index (χ1n) is 13.5. The molecule has 4 aromatic rings. The molecule has 1 atom stereocenters. The normalized spacial score (nSPS) is 16.3. The van der Waals surface area contributed by atoms with Gasteiger partial charge in [-0.05, 0) is 43.7 Å². The van der Waals surface area contributed by atoms with E-state index in [0.29, 0.717) is 41.5 Å². The van der Waals surface area contributed by atoms with Crippen LogP contribution < -0.4 is 10.1 Å². The van der Waals surface area contributed by atoms with Crippen molar-refractivity contribution < 1.29 is 27.4 Å². The smallest absolute Gasteiger partial charge is 0.434 e. The van der Waals surface area contributed by atoms with Crippen molar-refractivity contribution in [3.05, 3.63) is 65.0 Å². The minimum atomic E-state index is -4.52. The molecule has 1 fully saturated rings. The lowest BCUT2D eigenvalue weighted by Crippen LogP contribution is -2.12. The molecule has 0 spiro atoms. The van der Waals surface area contributed by atoms with Crippen LogP contribution in [0.4, 0.5) is 19.0 Å². The van der Waals surface area contributed by atoms with E-state index in [-0.39, 0.29) is 29.9 Å². The number of aromatic nitrogens is 6. The van der Waals surface area contributed by atoms with Crippen LogP contribution in [0.1, 0.15) is 71.0 Å². The van der Waals surface area contributed by atoms with Gasteiger partial charge in [-0.3, -0.25) is 0 Å². The van der Waals surface area contributed by atoms with Crippen LogP contribution in [0.25, 0.3) is 22.8 Å². The molecule has 6 rings (SSSR count). The summed E-state index contributed by atoms with van der Waals surface area (Å²) in [5.41, 5.74) is 3.05. The number of hydrogen-bond donors (Lipinski definition) is 1. The van der Waals surface area contributed by atoms with Gasteiger partial charge in [-0.15, -0.1) is 0 Å². The van der Waals surface area contributed by atoms with Crippen molar-refractivity contribution in [2.75, 3.05) is 19.5 Å². The first kappa shape index (κ1) is 27.6. The third-order valence-electron chi connectivity index (χ3n) is 7.62. The maximum absolute atomic E-state index is 13.4. The Morgan fingerprint density at radius 2 is 1.93 bits per heavy atom. The third kappa shape index (κ3) is 5.14. The number of halogens is 3. The number of nitrogens with one attached hydrogen (secondary N) is 1. The molecule has 0 radical (unpaired) electrons. The Morgan fingerprint density at radius 3 is 2.64 bits per heavy atom. The van der Waals surface area contributed by atoms with Gasteiger partial charge in [0.1, 0.15) is 29.1 Å². The molecule has 1 aliphatic heterocycles. The standard InChI is InChI=1S/C29H28F3N7O3/c1-15-4-6-18-10-16(5-9-19(18)26-37-21(13-39(15)26)29(30,31)32)11-33-24-20(28(40)42-3)12-34-25(38-24)22-23(17-7-8-17)35-14-36-27(22)41-2/h5,9-10,12-15,17H,4,6-8,11H2,1-3H3,(H,33,34,38). The Hall–Kier alpha value is -4.55. The number of alkyl halides is 3. The summed E-state index contributed by atoms with van der Waals surface area (Å²) in [7, 11) is 2.79. The summed E-state index contributed by atoms with van der Waals surface area (Å²) in [6, 6.07) is 5.43. The number of methoxy groups -OCH3 is 2. The molecular weight excluding hydrogens is 551 g/mol. The van der Waals surface area contributed by atoms with Crippen LogP contribution in [-0.4, -0.2) is 49.7 Å². The molecule has 1 unspecified atom stereocenters. The molecule has 3 aromatic heterocycles. The van der Waals surface area contributed by atoms with Crippen LogP contribution in [0.15, 0.2) is 36.9 Å². The van der Waals surface area contributed by atoms with Crippen molar-refractivity contribution in [1.82, 2.24) is 29.5 Å². The molecule has 1 saturated carbocycles. The SMILES string of the molecule is COC(=O)c1cnc(-c2c(OC)ncnc2C2CC2)nc1NCc1ccc2c(c1)CCC(C)n1cc(C(F)(F)F)nc1-2. The Balaban J connectivity index is 1.33. The van der Waals surface area contributed by atoms with E-state index in [1.807, 2.05) is 19.1 Å². The number of carbonyl (C=O) groups excluding carboxylic acids is 1. The molecule has 13 heteroatoms. The lowest BCUT2D eigenvalue weighted by molar-refractivity contribution is -0.140. The third-order valence-corrected chi connectivity index (χ3v) is 7.62. The van der Waals surface area contributed by atoms with Crippen molar-refractivity contribution in [1.29, 1.82) is 0 Å².